The number of nitrogens with one attached hydrogen (secondary N) is 2. The molecule has 0 aliphatic carbocycles. The van der Waals surface area contributed by atoms with E-state index in [9.17, 15) is 24.2 Å². The predicted octanol–water partition coefficient (Wildman–Crippen LogP) is 0.647. The minimum atomic E-state index is -1.29. The van der Waals surface area contributed by atoms with Crippen LogP contribution in [0.25, 0.3) is 0 Å². The van der Waals surface area contributed by atoms with E-state index in [-0.39, 0.29) is 34.6 Å². The number of benzene rings is 2. The molecule has 0 aromatic heterocycles. The number of esters is 3. The molecule has 0 aliphatic rings. The third-order valence-electron chi connectivity index (χ3n) is 4.05. The van der Waals surface area contributed by atoms with E-state index in [4.69, 9.17) is 0 Å². The van der Waals surface area contributed by atoms with Crippen molar-refractivity contribution in [2.45, 2.75) is 12.3 Å². The minimum absolute atomic E-state index is 0. The predicted molar refractivity (Wildman–Crippen MR) is 123 cm³/mol. The fourth-order valence-corrected chi connectivity index (χ4v) is 3.20. The zero-order valence-electron chi connectivity index (χ0n) is 18.2. The zero-order valence-corrected chi connectivity index (χ0v) is 21.3. The van der Waals surface area contributed by atoms with Gasteiger partial charge in [0.05, 0.1) is 33.3 Å². The summed E-state index contributed by atoms with van der Waals surface area (Å²) < 4.78 is 15.0. The van der Waals surface area contributed by atoms with Gasteiger partial charge in [0, 0.05) is 46.8 Å². The molecule has 0 heterocycles. The molecule has 0 radical (unpaired) electrons. The molecule has 0 bridgehead atoms. The van der Waals surface area contributed by atoms with E-state index >= 15 is 0 Å². The normalized spacial score (nSPS) is 9.24. The van der Waals surface area contributed by atoms with E-state index in [1.54, 1.807) is 34.6 Å². The molecule has 12 nitrogen and oxygen atoms in total. The molecule has 2 aromatic rings. The number of carbonyl (C=O) groups excluding carboxylic acids is 3. The van der Waals surface area contributed by atoms with Crippen molar-refractivity contribution in [3.05, 3.63) is 66.3 Å². The van der Waals surface area contributed by atoms with Crippen LogP contribution < -0.4 is 10.4 Å². The molecule has 2 rings (SSSR count). The maximum Gasteiger partial charge on any atom is 0.324 e. The highest BCUT2D eigenvalue weighted by molar-refractivity contribution is 9.10. The third-order valence-corrected chi connectivity index (χ3v) is 5.04. The van der Waals surface area contributed by atoms with Crippen LogP contribution in [0.1, 0.15) is 17.0 Å². The quantitative estimate of drug-likeness (QED) is 0.255. The van der Waals surface area contributed by atoms with Gasteiger partial charge in [0.2, 0.25) is 0 Å². The van der Waals surface area contributed by atoms with Crippen LogP contribution in [0.5, 0.6) is 0 Å². The zero-order chi connectivity index (χ0) is 24.3. The molecule has 0 saturated heterocycles. The van der Waals surface area contributed by atoms with E-state index < -0.39 is 17.9 Å². The number of hydrogen-bond donors (Lipinski definition) is 2. The average molecular weight is 610 g/mol. The smallest absolute Gasteiger partial charge is 0.324 e. The van der Waals surface area contributed by atoms with Gasteiger partial charge >= 0.3 is 17.9 Å². The van der Waals surface area contributed by atoms with E-state index in [1.165, 1.54) is 19.2 Å². The highest BCUT2D eigenvalue weighted by Crippen LogP contribution is 2.27. The Morgan fingerprint density at radius 3 is 1.71 bits per heavy atom. The van der Waals surface area contributed by atoms with E-state index in [0.29, 0.717) is 15.7 Å². The summed E-state index contributed by atoms with van der Waals surface area (Å²) in [7, 11) is 3.62. The van der Waals surface area contributed by atoms with Crippen LogP contribution in [0.4, 0.5) is 11.4 Å². The number of methoxy groups -OCH3 is 3. The molecule has 4 N–H and O–H groups in total. The number of carbonyl (C=O) groups is 3. The first-order valence-electron chi connectivity index (χ1n) is 8.78. The molecule has 14 heteroatoms. The molecule has 34 heavy (non-hydrogen) atoms. The first-order valence-corrected chi connectivity index (χ1v) is 10.4. The van der Waals surface area contributed by atoms with Crippen molar-refractivity contribution in [1.82, 2.24) is 0 Å². The largest absolute Gasteiger partial charge is 0.870 e. The monoisotopic (exact) mass is 608 g/mol. The number of hydrogen-bond acceptors (Lipinski definition) is 10. The Labute approximate surface area is 210 Å². The second kappa shape index (κ2) is 16.5. The lowest BCUT2D eigenvalue weighted by Gasteiger charge is -2.12. The van der Waals surface area contributed by atoms with Gasteiger partial charge in [0.1, 0.15) is 0 Å². The number of halogens is 2. The highest BCUT2D eigenvalue weighted by atomic mass is 79.9. The molecule has 0 amide bonds. The number of rotatable bonds is 7. The molecule has 0 aliphatic heterocycles. The molecule has 186 valence electrons. The summed E-state index contributed by atoms with van der Waals surface area (Å²) in [5, 5.41) is 3.46. The highest BCUT2D eigenvalue weighted by Gasteiger charge is 2.35. The van der Waals surface area contributed by atoms with Gasteiger partial charge in [0.25, 0.3) is 11.4 Å². The molecular weight excluding hydrogens is 588 g/mol. The van der Waals surface area contributed by atoms with Gasteiger partial charge in [-0.1, -0.05) is 37.9 Å². The van der Waals surface area contributed by atoms with Gasteiger partial charge in [-0.05, 0) is 18.2 Å². The van der Waals surface area contributed by atoms with Crippen molar-refractivity contribution < 1.29 is 49.9 Å². The summed E-state index contributed by atoms with van der Waals surface area (Å²) in [5.41, 5.74) is 1.30. The molecule has 2 aromatic carbocycles. The van der Waals surface area contributed by atoms with Gasteiger partial charge in [0.15, 0.2) is 5.92 Å². The van der Waals surface area contributed by atoms with Crippen LogP contribution in [0.2, 0.25) is 0 Å². The Bertz CT molecular complexity index is 1000. The lowest BCUT2D eigenvalue weighted by Crippen LogP contribution is -2.57. The lowest BCUT2D eigenvalue weighted by molar-refractivity contribution is -0.380. The van der Waals surface area contributed by atoms with Gasteiger partial charge in [-0.15, -0.1) is 0 Å². The van der Waals surface area contributed by atoms with Gasteiger partial charge in [-0.25, -0.2) is 0 Å². The Balaban J connectivity index is 0. The maximum absolute atomic E-state index is 11.6. The second-order valence-electron chi connectivity index (χ2n) is 5.97. The SMILES string of the molecule is COC(=O)C(C(=O)OC)c1ccc(Br)cc1[NH+]=O.COC(=O)Cc1ccc(Br)cc1[NH+]=O.[OH-].[OH-]. The van der Waals surface area contributed by atoms with Crippen molar-refractivity contribution in [1.29, 1.82) is 0 Å². The topological polar surface area (TPSA) is 201 Å². The van der Waals surface area contributed by atoms with Gasteiger partial charge < -0.3 is 25.2 Å². The second-order valence-corrected chi connectivity index (χ2v) is 7.80. The fraction of sp³-hybridized carbons (Fsp3) is 0.250. The van der Waals surface area contributed by atoms with E-state index in [2.05, 4.69) is 46.1 Å². The Morgan fingerprint density at radius 1 is 0.794 bits per heavy atom. The first-order chi connectivity index (χ1) is 15.2. The lowest BCUT2D eigenvalue weighted by atomic mass is 9.97. The Kier molecular flexibility index (Phi) is 16.1. The molecule has 0 saturated carbocycles. The third kappa shape index (κ3) is 9.43. The van der Waals surface area contributed by atoms with Crippen molar-refractivity contribution >= 4 is 61.1 Å². The van der Waals surface area contributed by atoms with Crippen molar-refractivity contribution in [3.63, 3.8) is 0 Å². The molecule has 0 fully saturated rings. The summed E-state index contributed by atoms with van der Waals surface area (Å²) in [6.07, 6.45) is 0.0916. The summed E-state index contributed by atoms with van der Waals surface area (Å²) in [6, 6.07) is 9.62. The van der Waals surface area contributed by atoms with Crippen LogP contribution in [0.15, 0.2) is 45.3 Å². The summed E-state index contributed by atoms with van der Waals surface area (Å²) in [4.78, 5) is 55.6. The van der Waals surface area contributed by atoms with E-state index in [0.717, 1.165) is 18.7 Å². The van der Waals surface area contributed by atoms with Crippen LogP contribution >= 0.6 is 31.9 Å². The van der Waals surface area contributed by atoms with Crippen molar-refractivity contribution in [3.8, 4) is 0 Å². The van der Waals surface area contributed by atoms with Crippen molar-refractivity contribution in [2.75, 3.05) is 21.3 Å². The standard InChI is InChI=1S/C11H10BrNO5.C9H8BrNO3.2H2O/c1-17-10(14)9(11(15)18-2)7-4-3-6(12)5-8(7)13-16;1-14-9(12)4-6-2-3-7(10)5-8(6)11-13;;/h3-5,9H,1-2H3;2-3,5H,4H2,1H3;2*1H2. The Morgan fingerprint density at radius 2 is 1.26 bits per heavy atom. The van der Waals surface area contributed by atoms with Crippen LogP contribution in [-0.2, 0) is 35.0 Å². The van der Waals surface area contributed by atoms with Crippen LogP contribution in [0.3, 0.4) is 0 Å². The van der Waals surface area contributed by atoms with Crippen LogP contribution in [-0.4, -0.2) is 50.2 Å². The number of nitroso groups, excluding NO2 is 2. The maximum atomic E-state index is 11.6. The van der Waals surface area contributed by atoms with Crippen molar-refractivity contribution in [2.24, 2.45) is 0 Å². The molecule has 0 spiro atoms. The van der Waals surface area contributed by atoms with Gasteiger partial charge in [-0.3, -0.25) is 14.4 Å². The van der Waals surface area contributed by atoms with E-state index in [1.807, 2.05) is 0 Å². The number of ether oxygens (including phenoxy) is 3. The molecule has 0 atom stereocenters. The molecule has 0 unspecified atom stereocenters. The summed E-state index contributed by atoms with van der Waals surface area (Å²) >= 11 is 6.41. The average Bonchev–Trinajstić information content (AvgIpc) is 2.80. The fourth-order valence-electron chi connectivity index (χ4n) is 2.48. The summed E-state index contributed by atoms with van der Waals surface area (Å²) in [6.45, 7) is 0. The first kappa shape index (κ1) is 33.1. The minimum Gasteiger partial charge on any atom is -0.870 e. The van der Waals surface area contributed by atoms with Crippen LogP contribution in [0, 0.1) is 9.81 Å². The molecular formula is C20H22Br2N2O10. The Hall–Kier alpha value is -3.07. The van der Waals surface area contributed by atoms with Gasteiger partial charge in [-0.2, -0.15) is 0 Å². The summed E-state index contributed by atoms with van der Waals surface area (Å²) in [5.74, 6) is -3.24.